The first-order valence-electron chi connectivity index (χ1n) is 9.18. The second-order valence-electron chi connectivity index (χ2n) is 7.05. The fourth-order valence-electron chi connectivity index (χ4n) is 3.01. The minimum atomic E-state index is -3.69. The lowest BCUT2D eigenvalue weighted by molar-refractivity contribution is -0.122. The van der Waals surface area contributed by atoms with Crippen LogP contribution in [0.25, 0.3) is 0 Å². The quantitative estimate of drug-likeness (QED) is 0.665. The Hall–Kier alpha value is -2.29. The number of nitrogens with zero attached hydrogens (tertiary/aromatic N) is 1. The molecule has 1 amide bonds. The number of hydrogen-bond donors (Lipinski definition) is 2. The Labute approximate surface area is 164 Å². The molecule has 0 unspecified atom stereocenters. The summed E-state index contributed by atoms with van der Waals surface area (Å²) in [6, 6.07) is 13.1. The summed E-state index contributed by atoms with van der Waals surface area (Å²) < 4.78 is 35.6. The molecule has 0 aliphatic heterocycles. The minimum absolute atomic E-state index is 0.0600. The van der Waals surface area contributed by atoms with Crippen LogP contribution in [0.5, 0.6) is 0 Å². The number of rotatable bonds is 9. The van der Waals surface area contributed by atoms with Crippen LogP contribution in [0.4, 0.5) is 4.39 Å². The molecule has 0 atom stereocenters. The summed E-state index contributed by atoms with van der Waals surface area (Å²) in [5.41, 5.74) is 1.90. The van der Waals surface area contributed by atoms with Crippen LogP contribution in [-0.4, -0.2) is 38.4 Å². The van der Waals surface area contributed by atoms with Gasteiger partial charge in [0, 0.05) is 19.1 Å². The van der Waals surface area contributed by atoms with Gasteiger partial charge in [-0.2, -0.15) is 0 Å². The highest BCUT2D eigenvalue weighted by atomic mass is 32.2. The lowest BCUT2D eigenvalue weighted by Gasteiger charge is -2.21. The van der Waals surface area contributed by atoms with Gasteiger partial charge in [-0.15, -0.1) is 0 Å². The molecule has 6 nitrogen and oxygen atoms in total. The molecule has 0 heterocycles. The van der Waals surface area contributed by atoms with Crippen molar-refractivity contribution >= 4 is 15.9 Å². The van der Waals surface area contributed by atoms with Crippen LogP contribution in [0.2, 0.25) is 0 Å². The van der Waals surface area contributed by atoms with Crippen molar-refractivity contribution in [3.63, 3.8) is 0 Å². The van der Waals surface area contributed by atoms with E-state index in [1.165, 1.54) is 24.3 Å². The van der Waals surface area contributed by atoms with E-state index >= 15 is 0 Å². The van der Waals surface area contributed by atoms with Crippen LogP contribution in [0, 0.1) is 5.82 Å². The lowest BCUT2D eigenvalue weighted by Crippen LogP contribution is -2.38. The topological polar surface area (TPSA) is 92.5 Å². The number of halogens is 1. The van der Waals surface area contributed by atoms with Crippen molar-refractivity contribution < 1.29 is 17.6 Å². The number of hydrogen-bond acceptors (Lipinski definition) is 4. The summed E-state index contributed by atoms with van der Waals surface area (Å²) in [6.07, 6.45) is 2.74. The van der Waals surface area contributed by atoms with Crippen LogP contribution < -0.4 is 10.5 Å². The van der Waals surface area contributed by atoms with Gasteiger partial charge in [-0.1, -0.05) is 24.3 Å². The monoisotopic (exact) mass is 405 g/mol. The predicted molar refractivity (Wildman–Crippen MR) is 104 cm³/mol. The fraction of sp³-hybridized carbons (Fsp3) is 0.350. The summed E-state index contributed by atoms with van der Waals surface area (Å²) in [5, 5.41) is 7.98. The summed E-state index contributed by atoms with van der Waals surface area (Å²) in [5.74, 6) is -0.327. The number of amides is 1. The van der Waals surface area contributed by atoms with E-state index in [0.29, 0.717) is 32.1 Å². The van der Waals surface area contributed by atoms with Crippen LogP contribution in [0.1, 0.15) is 24.0 Å². The van der Waals surface area contributed by atoms with Gasteiger partial charge in [-0.25, -0.2) is 17.9 Å². The van der Waals surface area contributed by atoms with Gasteiger partial charge >= 0.3 is 0 Å². The van der Waals surface area contributed by atoms with Gasteiger partial charge in [-0.05, 0) is 54.7 Å². The van der Waals surface area contributed by atoms with Crippen molar-refractivity contribution in [3.05, 3.63) is 65.5 Å². The van der Waals surface area contributed by atoms with E-state index in [-0.39, 0.29) is 16.6 Å². The Morgan fingerprint density at radius 2 is 1.68 bits per heavy atom. The van der Waals surface area contributed by atoms with Crippen LogP contribution in [-0.2, 0) is 27.8 Å². The molecule has 0 spiro atoms. The highest BCUT2D eigenvalue weighted by Crippen LogP contribution is 2.28. The first kappa shape index (κ1) is 20.4. The number of nitrogens with two attached hydrogens (primary N) is 1. The highest BCUT2D eigenvalue weighted by molar-refractivity contribution is 7.89. The molecule has 1 saturated carbocycles. The van der Waals surface area contributed by atoms with Gasteiger partial charge in [0.05, 0.1) is 11.4 Å². The third-order valence-electron chi connectivity index (χ3n) is 4.70. The van der Waals surface area contributed by atoms with E-state index in [1.807, 2.05) is 0 Å². The Balaban J connectivity index is 1.46. The van der Waals surface area contributed by atoms with E-state index in [1.54, 1.807) is 24.3 Å². The van der Waals surface area contributed by atoms with E-state index in [4.69, 9.17) is 5.14 Å². The molecule has 0 radical (unpaired) electrons. The van der Waals surface area contributed by atoms with Gasteiger partial charge in [0.15, 0.2) is 0 Å². The van der Waals surface area contributed by atoms with Gasteiger partial charge in [0.25, 0.3) is 0 Å². The Morgan fingerprint density at radius 1 is 1.07 bits per heavy atom. The second-order valence-corrected chi connectivity index (χ2v) is 8.61. The van der Waals surface area contributed by atoms with E-state index in [0.717, 1.165) is 24.0 Å². The molecule has 2 aromatic rings. The number of carbonyl (C=O) groups is 1. The average Bonchev–Trinajstić information content (AvgIpc) is 3.48. The molecule has 0 bridgehead atoms. The zero-order valence-electron chi connectivity index (χ0n) is 15.5. The minimum Gasteiger partial charge on any atom is -0.355 e. The summed E-state index contributed by atoms with van der Waals surface area (Å²) >= 11 is 0. The van der Waals surface area contributed by atoms with E-state index in [2.05, 4.69) is 10.2 Å². The molecule has 150 valence electrons. The predicted octanol–water partition coefficient (Wildman–Crippen LogP) is 1.80. The maximum Gasteiger partial charge on any atom is 0.238 e. The summed E-state index contributed by atoms with van der Waals surface area (Å²) in [7, 11) is -3.69. The van der Waals surface area contributed by atoms with Crippen molar-refractivity contribution in [2.24, 2.45) is 5.14 Å². The van der Waals surface area contributed by atoms with Crippen molar-refractivity contribution in [2.75, 3.05) is 13.1 Å². The molecule has 1 aliphatic rings. The van der Waals surface area contributed by atoms with E-state index in [9.17, 15) is 17.6 Å². The van der Waals surface area contributed by atoms with Crippen molar-refractivity contribution in [1.82, 2.24) is 10.2 Å². The maximum absolute atomic E-state index is 13.1. The largest absolute Gasteiger partial charge is 0.355 e. The van der Waals surface area contributed by atoms with Crippen molar-refractivity contribution in [1.29, 1.82) is 0 Å². The number of sulfonamides is 1. The fourth-order valence-corrected chi connectivity index (χ4v) is 3.53. The molecule has 1 fully saturated rings. The molecule has 28 heavy (non-hydrogen) atoms. The molecule has 0 aromatic heterocycles. The van der Waals surface area contributed by atoms with Gasteiger partial charge in [0.1, 0.15) is 5.82 Å². The maximum atomic E-state index is 13.1. The second kappa shape index (κ2) is 8.81. The zero-order chi connectivity index (χ0) is 20.1. The van der Waals surface area contributed by atoms with Crippen LogP contribution >= 0.6 is 0 Å². The third-order valence-corrected chi connectivity index (χ3v) is 5.63. The smallest absolute Gasteiger partial charge is 0.238 e. The summed E-state index contributed by atoms with van der Waals surface area (Å²) in [4.78, 5) is 14.5. The van der Waals surface area contributed by atoms with Gasteiger partial charge in [0.2, 0.25) is 15.9 Å². The van der Waals surface area contributed by atoms with Gasteiger partial charge < -0.3 is 5.32 Å². The first-order chi connectivity index (χ1) is 13.3. The lowest BCUT2D eigenvalue weighted by atomic mass is 10.1. The van der Waals surface area contributed by atoms with E-state index < -0.39 is 10.0 Å². The van der Waals surface area contributed by atoms with Gasteiger partial charge in [-0.3, -0.25) is 9.69 Å². The normalized spacial score (nSPS) is 14.2. The molecule has 0 saturated heterocycles. The Kier molecular flexibility index (Phi) is 6.43. The van der Waals surface area contributed by atoms with Crippen LogP contribution in [0.3, 0.4) is 0 Å². The van der Waals surface area contributed by atoms with Crippen LogP contribution in [0.15, 0.2) is 53.4 Å². The number of primary sulfonamides is 1. The standard InChI is InChI=1S/C20H24FN3O3S/c21-17-5-1-16(2-6-17)13-24(18-7-8-18)14-20(25)23-12-11-15-3-9-19(10-4-15)28(22,26)27/h1-6,9-10,18H,7-8,11-14H2,(H,23,25)(H2,22,26,27). The number of nitrogens with one attached hydrogen (secondary N) is 1. The SMILES string of the molecule is NS(=O)(=O)c1ccc(CCNC(=O)CN(Cc2ccc(F)cc2)C2CC2)cc1. The summed E-state index contributed by atoms with van der Waals surface area (Å²) in [6.45, 7) is 1.38. The average molecular weight is 405 g/mol. The Morgan fingerprint density at radius 3 is 2.25 bits per heavy atom. The molecule has 2 aromatic carbocycles. The van der Waals surface area contributed by atoms with Crippen molar-refractivity contribution in [3.8, 4) is 0 Å². The zero-order valence-corrected chi connectivity index (χ0v) is 16.3. The highest BCUT2D eigenvalue weighted by Gasteiger charge is 2.30. The molecule has 3 N–H and O–H groups in total. The number of carbonyl (C=O) groups excluding carboxylic acids is 1. The molecular weight excluding hydrogens is 381 g/mol. The Bertz CT molecular complexity index is 911. The molecule has 8 heteroatoms. The molecular formula is C20H24FN3O3S. The first-order valence-corrected chi connectivity index (χ1v) is 10.7. The molecule has 3 rings (SSSR count). The van der Waals surface area contributed by atoms with Crippen molar-refractivity contribution in [2.45, 2.75) is 36.7 Å². The third kappa shape index (κ3) is 6.12. The number of benzene rings is 2. The molecule has 1 aliphatic carbocycles.